The second-order valence-corrected chi connectivity index (χ2v) is 7.13. The van der Waals surface area contributed by atoms with Gasteiger partial charge in [-0.25, -0.2) is 0 Å². The summed E-state index contributed by atoms with van der Waals surface area (Å²) in [6, 6.07) is 8.55. The van der Waals surface area contributed by atoms with E-state index in [0.717, 1.165) is 31.0 Å². The Kier molecular flexibility index (Phi) is 4.82. The van der Waals surface area contributed by atoms with Crippen LogP contribution in [0.3, 0.4) is 0 Å². The van der Waals surface area contributed by atoms with Gasteiger partial charge in [-0.1, -0.05) is 24.6 Å². The van der Waals surface area contributed by atoms with E-state index in [0.29, 0.717) is 6.04 Å². The molecule has 2 aliphatic heterocycles. The van der Waals surface area contributed by atoms with E-state index in [2.05, 4.69) is 23.6 Å². The van der Waals surface area contributed by atoms with Crippen molar-refractivity contribution in [1.29, 1.82) is 0 Å². The summed E-state index contributed by atoms with van der Waals surface area (Å²) in [7, 11) is 0. The van der Waals surface area contributed by atoms with Crippen molar-refractivity contribution in [2.75, 3.05) is 26.2 Å². The van der Waals surface area contributed by atoms with Crippen LogP contribution in [-0.4, -0.2) is 47.9 Å². The van der Waals surface area contributed by atoms with Gasteiger partial charge in [-0.15, -0.1) is 0 Å². The molecule has 0 aromatic heterocycles. The summed E-state index contributed by atoms with van der Waals surface area (Å²) in [5.74, 6) is 1.07. The zero-order valence-electron chi connectivity index (χ0n) is 13.9. The minimum atomic E-state index is 0.204. The van der Waals surface area contributed by atoms with Crippen molar-refractivity contribution in [3.8, 4) is 0 Å². The summed E-state index contributed by atoms with van der Waals surface area (Å²) in [5.41, 5.74) is 2.04. The Balaban J connectivity index is 1.62. The normalized spacial score (nSPS) is 24.5. The number of benzene rings is 1. The Morgan fingerprint density at radius 2 is 1.73 bits per heavy atom. The van der Waals surface area contributed by atoms with Crippen LogP contribution in [-0.2, 0) is 0 Å². The lowest BCUT2D eigenvalue weighted by Gasteiger charge is -2.42. The van der Waals surface area contributed by atoms with Gasteiger partial charge in [0.2, 0.25) is 0 Å². The average molecular weight is 300 g/mol. The molecule has 0 N–H and O–H groups in total. The van der Waals surface area contributed by atoms with E-state index in [-0.39, 0.29) is 5.91 Å². The molecule has 1 aromatic rings. The molecule has 1 amide bonds. The second-order valence-electron chi connectivity index (χ2n) is 7.13. The van der Waals surface area contributed by atoms with E-state index < -0.39 is 0 Å². The third-order valence-electron chi connectivity index (χ3n) is 5.32. The molecule has 0 saturated carbocycles. The molecule has 0 spiro atoms. The maximum Gasteiger partial charge on any atom is 0.253 e. The van der Waals surface area contributed by atoms with Gasteiger partial charge in [0, 0.05) is 24.7 Å². The Morgan fingerprint density at radius 3 is 2.41 bits per heavy atom. The molecule has 0 bridgehead atoms. The molecule has 2 saturated heterocycles. The van der Waals surface area contributed by atoms with E-state index in [1.165, 1.54) is 37.9 Å². The number of likely N-dealkylation sites (tertiary alicyclic amines) is 2. The van der Waals surface area contributed by atoms with Crippen LogP contribution in [0.4, 0.5) is 0 Å². The van der Waals surface area contributed by atoms with E-state index in [1.807, 2.05) is 24.3 Å². The van der Waals surface area contributed by atoms with Crippen LogP contribution in [0.2, 0.25) is 0 Å². The number of hydrogen-bond acceptors (Lipinski definition) is 2. The number of amides is 1. The highest BCUT2D eigenvalue weighted by Gasteiger charge is 2.29. The van der Waals surface area contributed by atoms with Crippen molar-refractivity contribution >= 4 is 5.91 Å². The number of carbonyl (C=O) groups excluding carboxylic acids is 1. The molecule has 3 nitrogen and oxygen atoms in total. The molecule has 120 valence electrons. The molecule has 3 heteroatoms. The quantitative estimate of drug-likeness (QED) is 0.836. The highest BCUT2D eigenvalue weighted by molar-refractivity contribution is 5.94. The lowest BCUT2D eigenvalue weighted by Crippen LogP contribution is -2.51. The summed E-state index contributed by atoms with van der Waals surface area (Å²) < 4.78 is 0. The predicted molar refractivity (Wildman–Crippen MR) is 90.1 cm³/mol. The zero-order valence-corrected chi connectivity index (χ0v) is 13.9. The van der Waals surface area contributed by atoms with E-state index in [4.69, 9.17) is 0 Å². The van der Waals surface area contributed by atoms with Crippen LogP contribution in [0.15, 0.2) is 24.3 Å². The maximum atomic E-state index is 12.7. The largest absolute Gasteiger partial charge is 0.337 e. The number of nitrogens with zero attached hydrogens (tertiary/aromatic N) is 2. The van der Waals surface area contributed by atoms with Crippen LogP contribution in [0.25, 0.3) is 0 Å². The first kappa shape index (κ1) is 15.5. The van der Waals surface area contributed by atoms with Gasteiger partial charge in [-0.3, -0.25) is 9.69 Å². The molecular formula is C19H28N2O. The van der Waals surface area contributed by atoms with E-state index in [1.54, 1.807) is 0 Å². The molecule has 0 aliphatic carbocycles. The minimum absolute atomic E-state index is 0.204. The predicted octanol–water partition coefficient (Wildman–Crippen LogP) is 3.33. The first-order chi connectivity index (χ1) is 10.6. The van der Waals surface area contributed by atoms with E-state index >= 15 is 0 Å². The summed E-state index contributed by atoms with van der Waals surface area (Å²) in [4.78, 5) is 17.4. The van der Waals surface area contributed by atoms with Crippen LogP contribution < -0.4 is 0 Å². The van der Waals surface area contributed by atoms with Crippen molar-refractivity contribution in [2.24, 2.45) is 5.92 Å². The SMILES string of the molecule is Cc1ccc(C(=O)N2CCCC(N3CCC(C)CC3)C2)cc1. The molecule has 1 unspecified atom stereocenters. The number of piperidine rings is 2. The Hall–Kier alpha value is -1.35. The smallest absolute Gasteiger partial charge is 0.253 e. The first-order valence-corrected chi connectivity index (χ1v) is 8.73. The summed E-state index contributed by atoms with van der Waals surface area (Å²) in [6.07, 6.45) is 4.99. The maximum absolute atomic E-state index is 12.7. The number of aryl methyl sites for hydroxylation is 1. The fourth-order valence-corrected chi connectivity index (χ4v) is 3.71. The van der Waals surface area contributed by atoms with E-state index in [9.17, 15) is 4.79 Å². The lowest BCUT2D eigenvalue weighted by molar-refractivity contribution is 0.0501. The van der Waals surface area contributed by atoms with Gasteiger partial charge in [-0.05, 0) is 63.7 Å². The van der Waals surface area contributed by atoms with Gasteiger partial charge in [0.15, 0.2) is 0 Å². The molecule has 2 heterocycles. The van der Waals surface area contributed by atoms with Crippen molar-refractivity contribution in [1.82, 2.24) is 9.80 Å². The Bertz CT molecular complexity index is 503. The lowest BCUT2D eigenvalue weighted by atomic mass is 9.95. The van der Waals surface area contributed by atoms with Gasteiger partial charge in [0.1, 0.15) is 0 Å². The standard InChI is InChI=1S/C19H28N2O/c1-15-5-7-17(8-6-15)19(22)21-11-3-4-18(14-21)20-12-9-16(2)10-13-20/h5-8,16,18H,3-4,9-14H2,1-2H3. The summed E-state index contributed by atoms with van der Waals surface area (Å²) in [5, 5.41) is 0. The minimum Gasteiger partial charge on any atom is -0.337 e. The third kappa shape index (κ3) is 3.52. The van der Waals surface area contributed by atoms with Gasteiger partial charge in [0.25, 0.3) is 5.91 Å². The molecule has 0 radical (unpaired) electrons. The van der Waals surface area contributed by atoms with Gasteiger partial charge >= 0.3 is 0 Å². The fraction of sp³-hybridized carbons (Fsp3) is 0.632. The number of hydrogen-bond donors (Lipinski definition) is 0. The van der Waals surface area contributed by atoms with Crippen molar-refractivity contribution in [2.45, 2.75) is 45.6 Å². The van der Waals surface area contributed by atoms with Crippen molar-refractivity contribution in [3.05, 3.63) is 35.4 Å². The van der Waals surface area contributed by atoms with Crippen LogP contribution >= 0.6 is 0 Å². The average Bonchev–Trinajstić information content (AvgIpc) is 2.56. The fourth-order valence-electron chi connectivity index (χ4n) is 3.71. The zero-order chi connectivity index (χ0) is 15.5. The Labute approximate surface area is 134 Å². The molecular weight excluding hydrogens is 272 g/mol. The first-order valence-electron chi connectivity index (χ1n) is 8.73. The monoisotopic (exact) mass is 300 g/mol. The van der Waals surface area contributed by atoms with Crippen molar-refractivity contribution < 1.29 is 4.79 Å². The summed E-state index contributed by atoms with van der Waals surface area (Å²) >= 11 is 0. The van der Waals surface area contributed by atoms with Gasteiger partial charge < -0.3 is 4.90 Å². The number of carbonyl (C=O) groups is 1. The topological polar surface area (TPSA) is 23.6 Å². The molecule has 1 atom stereocenters. The Morgan fingerprint density at radius 1 is 1.05 bits per heavy atom. The molecule has 3 rings (SSSR count). The van der Waals surface area contributed by atoms with Crippen LogP contribution in [0.1, 0.15) is 48.5 Å². The third-order valence-corrected chi connectivity index (χ3v) is 5.32. The molecule has 2 aliphatic rings. The molecule has 22 heavy (non-hydrogen) atoms. The second kappa shape index (κ2) is 6.82. The van der Waals surface area contributed by atoms with Crippen LogP contribution in [0, 0.1) is 12.8 Å². The van der Waals surface area contributed by atoms with Gasteiger partial charge in [-0.2, -0.15) is 0 Å². The highest BCUT2D eigenvalue weighted by atomic mass is 16.2. The number of rotatable bonds is 2. The summed E-state index contributed by atoms with van der Waals surface area (Å²) in [6.45, 7) is 8.64. The van der Waals surface area contributed by atoms with Crippen molar-refractivity contribution in [3.63, 3.8) is 0 Å². The van der Waals surface area contributed by atoms with Gasteiger partial charge in [0.05, 0.1) is 0 Å². The highest BCUT2D eigenvalue weighted by Crippen LogP contribution is 2.23. The van der Waals surface area contributed by atoms with Crippen LogP contribution in [0.5, 0.6) is 0 Å². The molecule has 1 aromatic carbocycles. The molecule has 2 fully saturated rings.